The molecule has 2 N–H and O–H groups in total. The maximum atomic E-state index is 12.8. The van der Waals surface area contributed by atoms with Crippen LogP contribution in [-0.4, -0.2) is 5.91 Å². The molecule has 2 rings (SSSR count). The summed E-state index contributed by atoms with van der Waals surface area (Å²) < 4.78 is 12.8. The van der Waals surface area contributed by atoms with Gasteiger partial charge in [-0.05, 0) is 35.9 Å². The number of anilines is 2. The second-order valence-electron chi connectivity index (χ2n) is 4.20. The average Bonchev–Trinajstić information content (AvgIpc) is 2.39. The van der Waals surface area contributed by atoms with E-state index in [2.05, 4.69) is 10.6 Å². The Bertz CT molecular complexity index is 567. The predicted octanol–water partition coefficient (Wildman–Crippen LogP) is 3.40. The van der Waals surface area contributed by atoms with Crippen LogP contribution in [-0.2, 0) is 11.3 Å². The fraction of sp³-hybridized carbons (Fsp3) is 0.133. The average molecular weight is 258 g/mol. The smallest absolute Gasteiger partial charge is 0.221 e. The standard InChI is InChI=1S/C15H15FN2O/c1-11(19)18-15-5-3-2-4-12(15)10-17-14-8-6-13(16)7-9-14/h2-9,17H,10H2,1H3,(H,18,19). The Balaban J connectivity index is 2.06. The van der Waals surface area contributed by atoms with Crippen molar-refractivity contribution in [1.29, 1.82) is 0 Å². The van der Waals surface area contributed by atoms with Crippen LogP contribution in [0.15, 0.2) is 48.5 Å². The number of halogens is 1. The third-order valence-electron chi connectivity index (χ3n) is 2.66. The number of carbonyl (C=O) groups is 1. The van der Waals surface area contributed by atoms with Crippen LogP contribution >= 0.6 is 0 Å². The maximum absolute atomic E-state index is 12.8. The topological polar surface area (TPSA) is 41.1 Å². The van der Waals surface area contributed by atoms with E-state index in [1.807, 2.05) is 24.3 Å². The molecular weight excluding hydrogens is 243 g/mol. The van der Waals surface area contributed by atoms with Gasteiger partial charge in [0, 0.05) is 24.8 Å². The lowest BCUT2D eigenvalue weighted by molar-refractivity contribution is -0.114. The van der Waals surface area contributed by atoms with Crippen LogP contribution in [0, 0.1) is 5.82 Å². The highest BCUT2D eigenvalue weighted by molar-refractivity contribution is 5.89. The molecule has 2 aromatic carbocycles. The first-order valence-corrected chi connectivity index (χ1v) is 6.00. The van der Waals surface area contributed by atoms with Crippen LogP contribution in [0.2, 0.25) is 0 Å². The van der Waals surface area contributed by atoms with Crippen molar-refractivity contribution >= 4 is 17.3 Å². The highest BCUT2D eigenvalue weighted by atomic mass is 19.1. The molecule has 0 unspecified atom stereocenters. The van der Waals surface area contributed by atoms with Crippen molar-refractivity contribution in [3.05, 3.63) is 59.9 Å². The zero-order valence-corrected chi connectivity index (χ0v) is 10.6. The minimum Gasteiger partial charge on any atom is -0.381 e. The summed E-state index contributed by atoms with van der Waals surface area (Å²) in [5.74, 6) is -0.363. The molecule has 98 valence electrons. The molecule has 0 aromatic heterocycles. The van der Waals surface area contributed by atoms with Crippen LogP contribution in [0.1, 0.15) is 12.5 Å². The lowest BCUT2D eigenvalue weighted by Gasteiger charge is -2.11. The second-order valence-corrected chi connectivity index (χ2v) is 4.20. The molecule has 0 heterocycles. The lowest BCUT2D eigenvalue weighted by Crippen LogP contribution is -2.10. The molecule has 0 aliphatic rings. The molecule has 19 heavy (non-hydrogen) atoms. The molecule has 1 amide bonds. The van der Waals surface area contributed by atoms with E-state index in [1.54, 1.807) is 12.1 Å². The molecule has 0 fully saturated rings. The highest BCUT2D eigenvalue weighted by Crippen LogP contribution is 2.17. The van der Waals surface area contributed by atoms with Crippen LogP contribution in [0.4, 0.5) is 15.8 Å². The van der Waals surface area contributed by atoms with Crippen molar-refractivity contribution in [2.75, 3.05) is 10.6 Å². The number of nitrogens with one attached hydrogen (secondary N) is 2. The van der Waals surface area contributed by atoms with Crippen molar-refractivity contribution in [2.24, 2.45) is 0 Å². The summed E-state index contributed by atoms with van der Waals surface area (Å²) >= 11 is 0. The molecule has 0 bridgehead atoms. The van der Waals surface area contributed by atoms with E-state index in [-0.39, 0.29) is 11.7 Å². The van der Waals surface area contributed by atoms with Crippen LogP contribution in [0.3, 0.4) is 0 Å². The SMILES string of the molecule is CC(=O)Nc1ccccc1CNc1ccc(F)cc1. The van der Waals surface area contributed by atoms with E-state index in [1.165, 1.54) is 19.1 Å². The highest BCUT2D eigenvalue weighted by Gasteiger charge is 2.03. The van der Waals surface area contributed by atoms with Crippen molar-refractivity contribution in [1.82, 2.24) is 0 Å². The Hall–Kier alpha value is -2.36. The Labute approximate surface area is 111 Å². The fourth-order valence-corrected chi connectivity index (χ4v) is 1.75. The molecule has 3 nitrogen and oxygen atoms in total. The maximum Gasteiger partial charge on any atom is 0.221 e. The summed E-state index contributed by atoms with van der Waals surface area (Å²) in [7, 11) is 0. The minimum atomic E-state index is -0.260. The number of rotatable bonds is 4. The second kappa shape index (κ2) is 6.00. The molecular formula is C15H15FN2O. The number of amides is 1. The Kier molecular flexibility index (Phi) is 4.13. The molecule has 0 aliphatic carbocycles. The van der Waals surface area contributed by atoms with E-state index in [9.17, 15) is 9.18 Å². The predicted molar refractivity (Wildman–Crippen MR) is 74.5 cm³/mol. The summed E-state index contributed by atoms with van der Waals surface area (Å²) in [6.07, 6.45) is 0. The number of benzene rings is 2. The van der Waals surface area contributed by atoms with Gasteiger partial charge in [0.05, 0.1) is 0 Å². The van der Waals surface area contributed by atoms with Crippen LogP contribution < -0.4 is 10.6 Å². The van der Waals surface area contributed by atoms with Crippen molar-refractivity contribution in [2.45, 2.75) is 13.5 Å². The van der Waals surface area contributed by atoms with Gasteiger partial charge in [0.2, 0.25) is 5.91 Å². The first-order chi connectivity index (χ1) is 9.15. The molecule has 0 aliphatic heterocycles. The van der Waals surface area contributed by atoms with Crippen molar-refractivity contribution in [3.63, 3.8) is 0 Å². The molecule has 0 saturated heterocycles. The normalized spacial score (nSPS) is 10.0. The fourth-order valence-electron chi connectivity index (χ4n) is 1.75. The molecule has 0 saturated carbocycles. The molecule has 0 spiro atoms. The van der Waals surface area contributed by atoms with Gasteiger partial charge in [-0.3, -0.25) is 4.79 Å². The van der Waals surface area contributed by atoms with E-state index in [0.29, 0.717) is 6.54 Å². The summed E-state index contributed by atoms with van der Waals surface area (Å²) in [5, 5.41) is 5.96. The van der Waals surface area contributed by atoms with Gasteiger partial charge in [0.15, 0.2) is 0 Å². The van der Waals surface area contributed by atoms with Gasteiger partial charge in [-0.25, -0.2) is 4.39 Å². The van der Waals surface area contributed by atoms with Gasteiger partial charge in [0.25, 0.3) is 0 Å². The van der Waals surface area contributed by atoms with Gasteiger partial charge in [0.1, 0.15) is 5.82 Å². The third-order valence-corrected chi connectivity index (χ3v) is 2.66. The van der Waals surface area contributed by atoms with Crippen LogP contribution in [0.5, 0.6) is 0 Å². The van der Waals surface area contributed by atoms with Crippen molar-refractivity contribution < 1.29 is 9.18 Å². The van der Waals surface area contributed by atoms with E-state index < -0.39 is 0 Å². The Morgan fingerprint density at radius 1 is 1.11 bits per heavy atom. The largest absolute Gasteiger partial charge is 0.381 e. The molecule has 0 atom stereocenters. The van der Waals surface area contributed by atoms with Crippen molar-refractivity contribution in [3.8, 4) is 0 Å². The third kappa shape index (κ3) is 3.81. The van der Waals surface area contributed by atoms with Gasteiger partial charge in [-0.15, -0.1) is 0 Å². The number of para-hydroxylation sites is 1. The number of carbonyl (C=O) groups excluding carboxylic acids is 1. The van der Waals surface area contributed by atoms with Gasteiger partial charge in [-0.1, -0.05) is 18.2 Å². The molecule has 2 aromatic rings. The molecule has 0 radical (unpaired) electrons. The van der Waals surface area contributed by atoms with Gasteiger partial charge >= 0.3 is 0 Å². The first-order valence-electron chi connectivity index (χ1n) is 6.00. The lowest BCUT2D eigenvalue weighted by atomic mass is 10.1. The van der Waals surface area contributed by atoms with E-state index >= 15 is 0 Å². The Morgan fingerprint density at radius 2 is 1.79 bits per heavy atom. The summed E-state index contributed by atoms with van der Waals surface area (Å²) in [6.45, 7) is 2.03. The summed E-state index contributed by atoms with van der Waals surface area (Å²) in [6, 6.07) is 13.7. The van der Waals surface area contributed by atoms with Gasteiger partial charge in [-0.2, -0.15) is 0 Å². The number of hydrogen-bond acceptors (Lipinski definition) is 2. The summed E-state index contributed by atoms with van der Waals surface area (Å²) in [4.78, 5) is 11.1. The quantitative estimate of drug-likeness (QED) is 0.882. The zero-order chi connectivity index (χ0) is 13.7. The van der Waals surface area contributed by atoms with E-state index in [4.69, 9.17) is 0 Å². The zero-order valence-electron chi connectivity index (χ0n) is 10.6. The van der Waals surface area contributed by atoms with Gasteiger partial charge < -0.3 is 10.6 Å². The number of hydrogen-bond donors (Lipinski definition) is 2. The summed E-state index contributed by atoms with van der Waals surface area (Å²) in [5.41, 5.74) is 2.59. The first kappa shape index (κ1) is 13.1. The van der Waals surface area contributed by atoms with Crippen LogP contribution in [0.25, 0.3) is 0 Å². The van der Waals surface area contributed by atoms with E-state index in [0.717, 1.165) is 16.9 Å². The monoisotopic (exact) mass is 258 g/mol. The Morgan fingerprint density at radius 3 is 2.47 bits per heavy atom. The minimum absolute atomic E-state index is 0.103. The molecule has 4 heteroatoms.